The van der Waals surface area contributed by atoms with Crippen molar-refractivity contribution in [3.63, 3.8) is 0 Å². The Morgan fingerprint density at radius 1 is 1.12 bits per heavy atom. The fraction of sp³-hybridized carbons (Fsp3) is 0.400. The topological polar surface area (TPSA) is 114 Å². The van der Waals surface area contributed by atoms with Gasteiger partial charge >= 0.3 is 6.18 Å². The molecule has 2 aliphatic rings. The molecule has 5 N–H and O–H groups in total. The largest absolute Gasteiger partial charge is 0.416 e. The molecule has 0 atom stereocenters. The van der Waals surface area contributed by atoms with Crippen LogP contribution in [0.25, 0.3) is 0 Å². The molecule has 2 aliphatic heterocycles. The summed E-state index contributed by atoms with van der Waals surface area (Å²) in [5.74, 6) is -0.00830. The maximum Gasteiger partial charge on any atom is 0.416 e. The molecule has 0 bridgehead atoms. The molecule has 0 radical (unpaired) electrons. The number of anilines is 1. The first-order chi connectivity index (χ1) is 12.3. The summed E-state index contributed by atoms with van der Waals surface area (Å²) in [5, 5.41) is 11.0. The molecule has 140 valence electrons. The first-order valence-electron chi connectivity index (χ1n) is 7.85. The van der Waals surface area contributed by atoms with E-state index in [4.69, 9.17) is 16.2 Å². The molecule has 3 rings (SSSR count). The second-order valence-corrected chi connectivity index (χ2v) is 5.85. The minimum absolute atomic E-state index is 0.00415. The maximum atomic E-state index is 13.2. The van der Waals surface area contributed by atoms with E-state index < -0.39 is 11.7 Å². The van der Waals surface area contributed by atoms with E-state index in [0.717, 1.165) is 12.1 Å². The van der Waals surface area contributed by atoms with Crippen molar-refractivity contribution in [3.8, 4) is 0 Å². The highest BCUT2D eigenvalue weighted by Gasteiger charge is 2.31. The number of benzene rings is 1. The molecule has 1 fully saturated rings. The first kappa shape index (κ1) is 18.1. The lowest BCUT2D eigenvalue weighted by Gasteiger charge is -2.27. The molecule has 11 heteroatoms. The lowest BCUT2D eigenvalue weighted by Crippen LogP contribution is -2.35. The molecule has 8 nitrogen and oxygen atoms in total. The third kappa shape index (κ3) is 4.29. The number of hydrogen-bond acceptors (Lipinski definition) is 8. The van der Waals surface area contributed by atoms with E-state index in [9.17, 15) is 13.2 Å². The molecule has 1 aromatic rings. The van der Waals surface area contributed by atoms with E-state index in [-0.39, 0.29) is 23.1 Å². The van der Waals surface area contributed by atoms with Crippen LogP contribution in [0.15, 0.2) is 33.5 Å². The average Bonchev–Trinajstić information content (AvgIpc) is 2.91. The highest BCUT2D eigenvalue weighted by atomic mass is 19.4. The minimum atomic E-state index is -4.47. The molecule has 0 unspecified atom stereocenters. The van der Waals surface area contributed by atoms with Gasteiger partial charge in [-0.1, -0.05) is 0 Å². The van der Waals surface area contributed by atoms with Gasteiger partial charge in [-0.3, -0.25) is 10.3 Å². The van der Waals surface area contributed by atoms with Crippen LogP contribution in [-0.2, 0) is 17.5 Å². The van der Waals surface area contributed by atoms with Crippen LogP contribution in [0.3, 0.4) is 0 Å². The fourth-order valence-corrected chi connectivity index (χ4v) is 2.60. The van der Waals surface area contributed by atoms with Gasteiger partial charge in [0.25, 0.3) is 0 Å². The Bertz CT molecular complexity index is 747. The number of nitrogens with two attached hydrogens (primary N) is 2. The van der Waals surface area contributed by atoms with Gasteiger partial charge in [-0.15, -0.1) is 10.2 Å². The Morgan fingerprint density at radius 3 is 2.38 bits per heavy atom. The lowest BCUT2D eigenvalue weighted by molar-refractivity contribution is -0.137. The van der Waals surface area contributed by atoms with Crippen molar-refractivity contribution in [3.05, 3.63) is 29.3 Å². The third-order valence-electron chi connectivity index (χ3n) is 3.88. The number of ether oxygens (including phenoxy) is 1. The van der Waals surface area contributed by atoms with Gasteiger partial charge < -0.3 is 16.2 Å². The number of nitrogens with zero attached hydrogens (tertiary/aromatic N) is 4. The Morgan fingerprint density at radius 2 is 1.77 bits per heavy atom. The molecule has 0 aromatic heterocycles. The van der Waals surface area contributed by atoms with Crippen molar-refractivity contribution < 1.29 is 17.9 Å². The van der Waals surface area contributed by atoms with Crippen LogP contribution in [0, 0.1) is 0 Å². The molecular formula is C15H18F3N7O. The normalized spacial score (nSPS) is 18.5. The van der Waals surface area contributed by atoms with Crippen molar-refractivity contribution in [1.29, 1.82) is 0 Å². The summed E-state index contributed by atoms with van der Waals surface area (Å²) in [6.45, 7) is 2.85. The molecule has 2 heterocycles. The smallest absolute Gasteiger partial charge is 0.380 e. The van der Waals surface area contributed by atoms with E-state index in [1.807, 2.05) is 4.90 Å². The van der Waals surface area contributed by atoms with Crippen molar-refractivity contribution in [2.75, 3.05) is 31.7 Å². The molecule has 0 spiro atoms. The second kappa shape index (κ2) is 7.30. The van der Waals surface area contributed by atoms with Crippen LogP contribution in [0.4, 0.5) is 18.9 Å². The zero-order valence-electron chi connectivity index (χ0n) is 13.8. The van der Waals surface area contributed by atoms with E-state index in [0.29, 0.717) is 38.4 Å². The van der Waals surface area contributed by atoms with E-state index in [2.05, 4.69) is 20.7 Å². The molecule has 26 heavy (non-hydrogen) atoms. The third-order valence-corrected chi connectivity index (χ3v) is 3.88. The molecule has 0 aliphatic carbocycles. The van der Waals surface area contributed by atoms with Crippen LogP contribution in [0.2, 0.25) is 0 Å². The SMILES string of the molecule is NC1=NN=C(N)C1=NNc1cc(CN2CCOCC2)cc(C(F)(F)F)c1. The highest BCUT2D eigenvalue weighted by molar-refractivity contribution is 6.68. The summed E-state index contributed by atoms with van der Waals surface area (Å²) in [4.78, 5) is 2.03. The Kier molecular flexibility index (Phi) is 5.09. The molecule has 0 amide bonds. The number of hydrogen-bond donors (Lipinski definition) is 3. The number of rotatable bonds is 4. The van der Waals surface area contributed by atoms with Gasteiger partial charge in [0.05, 0.1) is 24.5 Å². The van der Waals surface area contributed by atoms with Crippen LogP contribution in [0.5, 0.6) is 0 Å². The summed E-state index contributed by atoms with van der Waals surface area (Å²) >= 11 is 0. The van der Waals surface area contributed by atoms with Gasteiger partial charge in [-0.2, -0.15) is 18.3 Å². The Labute approximate surface area is 147 Å². The van der Waals surface area contributed by atoms with Gasteiger partial charge in [0, 0.05) is 19.6 Å². The monoisotopic (exact) mass is 369 g/mol. The summed E-state index contributed by atoms with van der Waals surface area (Å²) in [5.41, 5.74) is 13.7. The van der Waals surface area contributed by atoms with Gasteiger partial charge in [0.2, 0.25) is 0 Å². The summed E-state index contributed by atoms with van der Waals surface area (Å²) in [6, 6.07) is 3.71. The Hall–Kier alpha value is -2.66. The summed E-state index contributed by atoms with van der Waals surface area (Å²) < 4.78 is 44.9. The summed E-state index contributed by atoms with van der Waals surface area (Å²) in [6.07, 6.45) is -4.47. The van der Waals surface area contributed by atoms with Gasteiger partial charge in [-0.05, 0) is 23.8 Å². The minimum Gasteiger partial charge on any atom is -0.380 e. The van der Waals surface area contributed by atoms with Crippen LogP contribution < -0.4 is 16.9 Å². The van der Waals surface area contributed by atoms with Crippen molar-refractivity contribution in [1.82, 2.24) is 4.90 Å². The zero-order valence-corrected chi connectivity index (χ0v) is 13.8. The first-order valence-corrected chi connectivity index (χ1v) is 7.85. The predicted octanol–water partition coefficient (Wildman–Crippen LogP) is 0.949. The number of morpholine rings is 1. The van der Waals surface area contributed by atoms with E-state index in [1.54, 1.807) is 6.07 Å². The van der Waals surface area contributed by atoms with Gasteiger partial charge in [-0.25, -0.2) is 0 Å². The molecule has 1 aromatic carbocycles. The van der Waals surface area contributed by atoms with Crippen LogP contribution in [-0.4, -0.2) is 48.6 Å². The number of nitrogens with one attached hydrogen (secondary N) is 1. The molecular weight excluding hydrogens is 351 g/mol. The van der Waals surface area contributed by atoms with Crippen molar-refractivity contribution in [2.24, 2.45) is 26.8 Å². The fourth-order valence-electron chi connectivity index (χ4n) is 2.60. The second-order valence-electron chi connectivity index (χ2n) is 5.85. The van der Waals surface area contributed by atoms with Crippen LogP contribution >= 0.6 is 0 Å². The van der Waals surface area contributed by atoms with Gasteiger partial charge in [0.15, 0.2) is 17.4 Å². The van der Waals surface area contributed by atoms with Crippen molar-refractivity contribution in [2.45, 2.75) is 12.7 Å². The molecule has 0 saturated carbocycles. The lowest BCUT2D eigenvalue weighted by atomic mass is 10.1. The Balaban J connectivity index is 1.84. The average molecular weight is 369 g/mol. The number of hydrazone groups is 1. The number of halogens is 3. The maximum absolute atomic E-state index is 13.2. The zero-order chi connectivity index (χ0) is 18.7. The number of alkyl halides is 3. The molecule has 1 saturated heterocycles. The standard InChI is InChI=1S/C15H18F3N7O/c16-15(17,18)10-5-9(8-25-1-3-26-4-2-25)6-11(7-10)21-22-12-13(19)23-24-14(12)20/h5-7,21H,1-4,8H2,(H4,19,20,22,23,24). The van der Waals surface area contributed by atoms with E-state index >= 15 is 0 Å². The summed E-state index contributed by atoms with van der Waals surface area (Å²) in [7, 11) is 0. The van der Waals surface area contributed by atoms with Gasteiger partial charge in [0.1, 0.15) is 0 Å². The van der Waals surface area contributed by atoms with E-state index in [1.165, 1.54) is 0 Å². The van der Waals surface area contributed by atoms with Crippen molar-refractivity contribution >= 4 is 23.1 Å². The number of amidine groups is 2. The quantitative estimate of drug-likeness (QED) is 0.684. The highest BCUT2D eigenvalue weighted by Crippen LogP contribution is 2.32. The van der Waals surface area contributed by atoms with Crippen LogP contribution in [0.1, 0.15) is 11.1 Å². The predicted molar refractivity (Wildman–Crippen MR) is 91.8 cm³/mol.